The van der Waals surface area contributed by atoms with Crippen LogP contribution in [-0.2, 0) is 9.53 Å². The summed E-state index contributed by atoms with van der Waals surface area (Å²) in [5.74, 6) is -0.836. The Balaban J connectivity index is 2.98. The summed E-state index contributed by atoms with van der Waals surface area (Å²) in [4.78, 5) is 27.1. The van der Waals surface area contributed by atoms with Gasteiger partial charge in [-0.2, -0.15) is 0 Å². The molecule has 0 saturated carbocycles. The number of hydrogen-bond donors (Lipinski definition) is 1. The average molecular weight is 279 g/mol. The summed E-state index contributed by atoms with van der Waals surface area (Å²) in [6, 6.07) is 5.00. The largest absolute Gasteiger partial charge is 0.449 e. The summed E-state index contributed by atoms with van der Waals surface area (Å²) in [5, 5.41) is 0. The van der Waals surface area contributed by atoms with Crippen molar-refractivity contribution in [3.05, 3.63) is 23.8 Å². The van der Waals surface area contributed by atoms with Crippen molar-refractivity contribution in [1.82, 2.24) is 4.90 Å². The van der Waals surface area contributed by atoms with Crippen LogP contribution in [0.2, 0.25) is 0 Å². The van der Waals surface area contributed by atoms with E-state index in [1.165, 1.54) is 4.90 Å². The van der Waals surface area contributed by atoms with E-state index in [0.717, 1.165) is 0 Å². The minimum atomic E-state index is -0.839. The quantitative estimate of drug-likeness (QED) is 0.656. The second-order valence-corrected chi connectivity index (χ2v) is 4.95. The molecular formula is C14H21N3O3. The fraction of sp³-hybridized carbons (Fsp3) is 0.429. The molecule has 6 heteroatoms. The van der Waals surface area contributed by atoms with Gasteiger partial charge in [0.15, 0.2) is 6.10 Å². The van der Waals surface area contributed by atoms with Gasteiger partial charge in [0.1, 0.15) is 0 Å². The van der Waals surface area contributed by atoms with Gasteiger partial charge in [0.25, 0.3) is 5.91 Å². The number of carbonyl (C=O) groups is 2. The lowest BCUT2D eigenvalue weighted by Gasteiger charge is -2.20. The number of amides is 1. The van der Waals surface area contributed by atoms with Crippen molar-refractivity contribution in [3.63, 3.8) is 0 Å². The summed E-state index contributed by atoms with van der Waals surface area (Å²) in [6.07, 6.45) is -0.839. The van der Waals surface area contributed by atoms with Crippen molar-refractivity contribution < 1.29 is 14.3 Å². The van der Waals surface area contributed by atoms with Gasteiger partial charge in [-0.15, -0.1) is 0 Å². The Labute approximate surface area is 119 Å². The van der Waals surface area contributed by atoms with Crippen LogP contribution in [0.1, 0.15) is 17.3 Å². The number of rotatable bonds is 4. The first-order valence-electron chi connectivity index (χ1n) is 6.23. The molecule has 0 aliphatic carbocycles. The van der Waals surface area contributed by atoms with Gasteiger partial charge in [0, 0.05) is 33.9 Å². The molecule has 0 aromatic heterocycles. The van der Waals surface area contributed by atoms with Crippen LogP contribution in [0.4, 0.5) is 11.4 Å². The van der Waals surface area contributed by atoms with Gasteiger partial charge in [-0.25, -0.2) is 4.79 Å². The molecule has 1 aromatic rings. The summed E-state index contributed by atoms with van der Waals surface area (Å²) in [5.41, 5.74) is 7.20. The van der Waals surface area contributed by atoms with Crippen LogP contribution in [0.15, 0.2) is 18.2 Å². The van der Waals surface area contributed by atoms with Gasteiger partial charge < -0.3 is 20.3 Å². The third-order valence-corrected chi connectivity index (χ3v) is 2.79. The lowest BCUT2D eigenvalue weighted by Crippen LogP contribution is -2.35. The van der Waals surface area contributed by atoms with E-state index in [9.17, 15) is 9.59 Å². The maximum atomic E-state index is 12.2. The molecule has 0 bridgehead atoms. The predicted molar refractivity (Wildman–Crippen MR) is 78.8 cm³/mol. The number of ether oxygens (including phenoxy) is 1. The highest BCUT2D eigenvalue weighted by Crippen LogP contribution is 2.22. The fourth-order valence-electron chi connectivity index (χ4n) is 1.75. The number of hydrogen-bond acceptors (Lipinski definition) is 5. The first-order chi connectivity index (χ1) is 9.23. The van der Waals surface area contributed by atoms with Crippen LogP contribution >= 0.6 is 0 Å². The number of esters is 1. The van der Waals surface area contributed by atoms with Gasteiger partial charge in [0.2, 0.25) is 0 Å². The molecule has 0 fully saturated rings. The third-order valence-electron chi connectivity index (χ3n) is 2.79. The molecule has 0 radical (unpaired) electrons. The Morgan fingerprint density at radius 3 is 2.30 bits per heavy atom. The van der Waals surface area contributed by atoms with Gasteiger partial charge in [-0.3, -0.25) is 4.79 Å². The Bertz CT molecular complexity index is 512. The molecule has 0 heterocycles. The Hall–Kier alpha value is -2.24. The van der Waals surface area contributed by atoms with Crippen LogP contribution in [0.25, 0.3) is 0 Å². The fourth-order valence-corrected chi connectivity index (χ4v) is 1.75. The molecule has 20 heavy (non-hydrogen) atoms. The molecule has 2 N–H and O–H groups in total. The van der Waals surface area contributed by atoms with E-state index < -0.39 is 12.1 Å². The van der Waals surface area contributed by atoms with Crippen molar-refractivity contribution in [2.45, 2.75) is 13.0 Å². The van der Waals surface area contributed by atoms with Crippen LogP contribution in [0, 0.1) is 0 Å². The lowest BCUT2D eigenvalue weighted by molar-refractivity contribution is -0.137. The van der Waals surface area contributed by atoms with Gasteiger partial charge in [-0.05, 0) is 25.1 Å². The number of carbonyl (C=O) groups excluding carboxylic acids is 2. The van der Waals surface area contributed by atoms with Gasteiger partial charge in [0.05, 0.1) is 11.3 Å². The Kier molecular flexibility index (Phi) is 4.96. The zero-order valence-electron chi connectivity index (χ0n) is 12.5. The second-order valence-electron chi connectivity index (χ2n) is 4.95. The molecule has 0 aliphatic heterocycles. The van der Waals surface area contributed by atoms with Crippen molar-refractivity contribution in [1.29, 1.82) is 0 Å². The average Bonchev–Trinajstić information content (AvgIpc) is 2.36. The van der Waals surface area contributed by atoms with Gasteiger partial charge >= 0.3 is 5.97 Å². The monoisotopic (exact) mass is 279 g/mol. The molecule has 1 atom stereocenters. The minimum Gasteiger partial charge on any atom is -0.449 e. The smallest absolute Gasteiger partial charge is 0.341 e. The van der Waals surface area contributed by atoms with E-state index in [1.807, 2.05) is 14.1 Å². The summed E-state index contributed by atoms with van der Waals surface area (Å²) in [6.45, 7) is 1.54. The van der Waals surface area contributed by atoms with E-state index in [0.29, 0.717) is 16.9 Å². The lowest BCUT2D eigenvalue weighted by atomic mass is 10.1. The van der Waals surface area contributed by atoms with Crippen molar-refractivity contribution in [2.75, 3.05) is 38.8 Å². The first-order valence-corrected chi connectivity index (χ1v) is 6.23. The molecule has 0 saturated heterocycles. The molecule has 1 unspecified atom stereocenters. The molecular weight excluding hydrogens is 258 g/mol. The van der Waals surface area contributed by atoms with Crippen LogP contribution in [-0.4, -0.2) is 51.1 Å². The molecule has 1 amide bonds. The molecule has 6 nitrogen and oxygen atoms in total. The van der Waals surface area contributed by atoms with E-state index in [2.05, 4.69) is 0 Å². The second kappa shape index (κ2) is 6.27. The first kappa shape index (κ1) is 15.8. The zero-order valence-corrected chi connectivity index (χ0v) is 12.5. The molecule has 1 rings (SSSR count). The number of likely N-dealkylation sites (N-methyl/N-ethyl adjacent to an activating group) is 1. The van der Waals surface area contributed by atoms with Crippen LogP contribution < -0.4 is 10.6 Å². The summed E-state index contributed by atoms with van der Waals surface area (Å²) >= 11 is 0. The third kappa shape index (κ3) is 3.63. The van der Waals surface area contributed by atoms with Crippen molar-refractivity contribution >= 4 is 23.3 Å². The van der Waals surface area contributed by atoms with Crippen molar-refractivity contribution in [3.8, 4) is 0 Å². The maximum absolute atomic E-state index is 12.2. The highest BCUT2D eigenvalue weighted by atomic mass is 16.5. The van der Waals surface area contributed by atoms with E-state index in [-0.39, 0.29) is 5.91 Å². The molecule has 0 spiro atoms. The number of nitrogens with zero attached hydrogens (tertiary/aromatic N) is 2. The van der Waals surface area contributed by atoms with Crippen LogP contribution in [0.3, 0.4) is 0 Å². The SMILES string of the molecule is CC(OC(=O)c1cc(N)ccc1N(C)C)C(=O)N(C)C. The maximum Gasteiger partial charge on any atom is 0.341 e. The number of anilines is 2. The van der Waals surface area contributed by atoms with Gasteiger partial charge in [-0.1, -0.05) is 0 Å². The molecule has 1 aromatic carbocycles. The van der Waals surface area contributed by atoms with E-state index in [4.69, 9.17) is 10.5 Å². The number of nitrogens with two attached hydrogens (primary N) is 1. The number of benzene rings is 1. The molecule has 0 aliphatic rings. The highest BCUT2D eigenvalue weighted by Gasteiger charge is 2.22. The predicted octanol–water partition coefficient (Wildman–Crippen LogP) is 0.968. The van der Waals surface area contributed by atoms with E-state index >= 15 is 0 Å². The zero-order chi connectivity index (χ0) is 15.4. The summed E-state index contributed by atoms with van der Waals surface area (Å²) in [7, 11) is 6.85. The Morgan fingerprint density at radius 1 is 1.20 bits per heavy atom. The highest BCUT2D eigenvalue weighted by molar-refractivity contribution is 5.98. The Morgan fingerprint density at radius 2 is 1.80 bits per heavy atom. The minimum absolute atomic E-state index is 0.270. The van der Waals surface area contributed by atoms with E-state index in [1.54, 1.807) is 44.1 Å². The number of nitrogen functional groups attached to an aromatic ring is 1. The van der Waals surface area contributed by atoms with Crippen molar-refractivity contribution in [2.24, 2.45) is 0 Å². The molecule has 110 valence electrons. The standard InChI is InChI=1S/C14H21N3O3/c1-9(13(18)17(4)5)20-14(19)11-8-10(15)6-7-12(11)16(2)3/h6-9H,15H2,1-5H3. The topological polar surface area (TPSA) is 75.9 Å². The summed E-state index contributed by atoms with van der Waals surface area (Å²) < 4.78 is 5.19. The van der Waals surface area contributed by atoms with Crippen LogP contribution in [0.5, 0.6) is 0 Å². The normalized spacial score (nSPS) is 11.7.